The summed E-state index contributed by atoms with van der Waals surface area (Å²) in [6, 6.07) is 4.84. The zero-order valence-corrected chi connectivity index (χ0v) is 18.6. The number of hydrogen-bond donors (Lipinski definition) is 2. The second kappa shape index (κ2) is 10.5. The molecule has 1 heterocycles. The summed E-state index contributed by atoms with van der Waals surface area (Å²) in [6.07, 6.45) is 0. The van der Waals surface area contributed by atoms with E-state index >= 15 is 0 Å². The number of carbonyl (C=O) groups is 3. The van der Waals surface area contributed by atoms with Crippen LogP contribution in [-0.2, 0) is 14.3 Å². The van der Waals surface area contributed by atoms with E-state index in [-0.39, 0.29) is 17.9 Å². The predicted octanol–water partition coefficient (Wildman–Crippen LogP) is 2.86. The van der Waals surface area contributed by atoms with E-state index < -0.39 is 30.5 Å². The lowest BCUT2D eigenvalue weighted by molar-refractivity contribution is -0.124. The van der Waals surface area contributed by atoms with Crippen LogP contribution in [0.2, 0.25) is 0 Å². The Hall–Kier alpha value is -3.49. The van der Waals surface area contributed by atoms with Crippen molar-refractivity contribution in [2.45, 2.75) is 33.7 Å². The molecule has 0 spiro atoms. The standard InChI is InChI=1S/C22H28N2O7/c1-7-30-21(26)19-12(2)20(24-14(19)4)22(27)31-11-18(25)23-13(3)16-10-15(28-5)8-9-17(16)29-6/h8-10,13,24H,7,11H2,1-6H3,(H,23,25)/t13-/m0/s1. The van der Waals surface area contributed by atoms with Gasteiger partial charge in [-0.2, -0.15) is 0 Å². The van der Waals surface area contributed by atoms with Gasteiger partial charge in [0.2, 0.25) is 0 Å². The molecule has 0 fully saturated rings. The molecule has 1 atom stereocenters. The minimum absolute atomic E-state index is 0.107. The first-order chi connectivity index (χ1) is 14.7. The molecule has 0 saturated heterocycles. The van der Waals surface area contributed by atoms with Crippen LogP contribution in [0.3, 0.4) is 0 Å². The molecular formula is C22H28N2O7. The van der Waals surface area contributed by atoms with Crippen LogP contribution in [0.4, 0.5) is 0 Å². The van der Waals surface area contributed by atoms with Gasteiger partial charge in [-0.3, -0.25) is 4.79 Å². The fraction of sp³-hybridized carbons (Fsp3) is 0.409. The van der Waals surface area contributed by atoms with Crippen LogP contribution in [0.25, 0.3) is 0 Å². The summed E-state index contributed by atoms with van der Waals surface area (Å²) in [5, 5.41) is 2.76. The van der Waals surface area contributed by atoms with Gasteiger partial charge >= 0.3 is 11.9 Å². The Kier molecular flexibility index (Phi) is 8.07. The van der Waals surface area contributed by atoms with E-state index in [1.165, 1.54) is 7.11 Å². The molecule has 0 aliphatic carbocycles. The number of rotatable bonds is 9. The number of aromatic amines is 1. The number of aryl methyl sites for hydroxylation is 1. The first-order valence-electron chi connectivity index (χ1n) is 9.78. The van der Waals surface area contributed by atoms with Gasteiger partial charge in [0.25, 0.3) is 5.91 Å². The molecule has 1 aromatic carbocycles. The van der Waals surface area contributed by atoms with Crippen molar-refractivity contribution in [3.63, 3.8) is 0 Å². The van der Waals surface area contributed by atoms with Crippen molar-refractivity contribution in [3.8, 4) is 11.5 Å². The average Bonchev–Trinajstić information content (AvgIpc) is 3.05. The second-order valence-corrected chi connectivity index (χ2v) is 6.82. The van der Waals surface area contributed by atoms with Gasteiger partial charge in [0, 0.05) is 11.3 Å². The Balaban J connectivity index is 2.03. The smallest absolute Gasteiger partial charge is 0.355 e. The third-order valence-corrected chi connectivity index (χ3v) is 4.74. The molecule has 2 rings (SSSR count). The number of hydrogen-bond acceptors (Lipinski definition) is 7. The van der Waals surface area contributed by atoms with Gasteiger partial charge in [-0.05, 0) is 51.5 Å². The topological polar surface area (TPSA) is 116 Å². The van der Waals surface area contributed by atoms with Crippen molar-refractivity contribution in [2.24, 2.45) is 0 Å². The predicted molar refractivity (Wildman–Crippen MR) is 113 cm³/mol. The number of esters is 2. The number of methoxy groups -OCH3 is 2. The van der Waals surface area contributed by atoms with E-state index in [1.54, 1.807) is 53.0 Å². The molecule has 0 unspecified atom stereocenters. The quantitative estimate of drug-likeness (QED) is 0.585. The van der Waals surface area contributed by atoms with E-state index in [0.717, 1.165) is 5.56 Å². The summed E-state index contributed by atoms with van der Waals surface area (Å²) in [6.45, 7) is 6.49. The Morgan fingerprint density at radius 3 is 2.39 bits per heavy atom. The number of benzene rings is 1. The van der Waals surface area contributed by atoms with Gasteiger partial charge < -0.3 is 29.2 Å². The molecule has 9 heteroatoms. The molecule has 0 aliphatic heterocycles. The molecule has 168 valence electrons. The molecule has 0 bridgehead atoms. The summed E-state index contributed by atoms with van der Waals surface area (Å²) >= 11 is 0. The molecule has 2 aromatic rings. The maximum atomic E-state index is 12.4. The van der Waals surface area contributed by atoms with Gasteiger partial charge in [-0.15, -0.1) is 0 Å². The lowest BCUT2D eigenvalue weighted by atomic mass is 10.1. The van der Waals surface area contributed by atoms with Crippen molar-refractivity contribution < 1.29 is 33.3 Å². The summed E-state index contributed by atoms with van der Waals surface area (Å²) in [5.41, 5.74) is 2.02. The van der Waals surface area contributed by atoms with E-state index in [0.29, 0.717) is 22.8 Å². The maximum absolute atomic E-state index is 12.4. The fourth-order valence-electron chi connectivity index (χ4n) is 3.21. The lowest BCUT2D eigenvalue weighted by Crippen LogP contribution is -2.31. The molecule has 31 heavy (non-hydrogen) atoms. The SMILES string of the molecule is CCOC(=O)c1c(C)[nH]c(C(=O)OCC(=O)N[C@@H](C)c2cc(OC)ccc2OC)c1C. The summed E-state index contributed by atoms with van der Waals surface area (Å²) < 4.78 is 20.7. The number of H-pyrrole nitrogens is 1. The van der Waals surface area contributed by atoms with Crippen molar-refractivity contribution >= 4 is 17.8 Å². The van der Waals surface area contributed by atoms with Crippen LogP contribution in [-0.4, -0.2) is 50.3 Å². The third-order valence-electron chi connectivity index (χ3n) is 4.74. The van der Waals surface area contributed by atoms with Crippen LogP contribution in [0.15, 0.2) is 18.2 Å². The number of ether oxygens (including phenoxy) is 4. The largest absolute Gasteiger partial charge is 0.497 e. The summed E-state index contributed by atoms with van der Waals surface area (Å²) in [5.74, 6) is -0.533. The Morgan fingerprint density at radius 2 is 1.77 bits per heavy atom. The van der Waals surface area contributed by atoms with Crippen LogP contribution < -0.4 is 14.8 Å². The molecule has 1 aromatic heterocycles. The van der Waals surface area contributed by atoms with E-state index in [2.05, 4.69) is 10.3 Å². The molecule has 2 N–H and O–H groups in total. The molecule has 9 nitrogen and oxygen atoms in total. The molecule has 1 amide bonds. The Labute approximate surface area is 181 Å². The highest BCUT2D eigenvalue weighted by Gasteiger charge is 2.24. The molecule has 0 radical (unpaired) electrons. The van der Waals surface area contributed by atoms with Crippen LogP contribution in [0, 0.1) is 13.8 Å². The Bertz CT molecular complexity index is 965. The van der Waals surface area contributed by atoms with Crippen LogP contribution >= 0.6 is 0 Å². The Morgan fingerprint density at radius 1 is 1.06 bits per heavy atom. The molecule has 0 aliphatic rings. The highest BCUT2D eigenvalue weighted by atomic mass is 16.5. The number of amides is 1. The van der Waals surface area contributed by atoms with Crippen LogP contribution in [0.1, 0.15) is 57.6 Å². The number of carbonyl (C=O) groups excluding carboxylic acids is 3. The summed E-state index contributed by atoms with van der Waals surface area (Å²) in [7, 11) is 3.08. The minimum Gasteiger partial charge on any atom is -0.497 e. The number of aromatic nitrogens is 1. The van der Waals surface area contributed by atoms with Crippen molar-refractivity contribution in [3.05, 3.63) is 46.3 Å². The van der Waals surface area contributed by atoms with Gasteiger partial charge in [0.05, 0.1) is 32.4 Å². The highest BCUT2D eigenvalue weighted by molar-refractivity contribution is 5.99. The van der Waals surface area contributed by atoms with E-state index in [1.807, 2.05) is 0 Å². The van der Waals surface area contributed by atoms with Crippen molar-refractivity contribution in [1.82, 2.24) is 10.3 Å². The minimum atomic E-state index is -0.738. The van der Waals surface area contributed by atoms with Crippen molar-refractivity contribution in [2.75, 3.05) is 27.4 Å². The summed E-state index contributed by atoms with van der Waals surface area (Å²) in [4.78, 5) is 39.7. The zero-order chi connectivity index (χ0) is 23.1. The highest BCUT2D eigenvalue weighted by Crippen LogP contribution is 2.29. The first kappa shape index (κ1) is 23.8. The van der Waals surface area contributed by atoms with Gasteiger partial charge in [-0.1, -0.05) is 0 Å². The van der Waals surface area contributed by atoms with Crippen LogP contribution in [0.5, 0.6) is 11.5 Å². The average molecular weight is 432 g/mol. The normalized spacial score (nSPS) is 11.4. The van der Waals surface area contributed by atoms with E-state index in [4.69, 9.17) is 18.9 Å². The van der Waals surface area contributed by atoms with Gasteiger partial charge in [-0.25, -0.2) is 9.59 Å². The van der Waals surface area contributed by atoms with Crippen molar-refractivity contribution in [1.29, 1.82) is 0 Å². The third kappa shape index (κ3) is 5.56. The van der Waals surface area contributed by atoms with Gasteiger partial charge in [0.1, 0.15) is 17.2 Å². The zero-order valence-electron chi connectivity index (χ0n) is 18.6. The first-order valence-corrected chi connectivity index (χ1v) is 9.78. The molecule has 0 saturated carbocycles. The second-order valence-electron chi connectivity index (χ2n) is 6.82. The van der Waals surface area contributed by atoms with Gasteiger partial charge in [0.15, 0.2) is 6.61 Å². The number of nitrogens with one attached hydrogen (secondary N) is 2. The van der Waals surface area contributed by atoms with E-state index in [9.17, 15) is 14.4 Å². The lowest BCUT2D eigenvalue weighted by Gasteiger charge is -2.18. The molecular weight excluding hydrogens is 404 g/mol. The fourth-order valence-corrected chi connectivity index (χ4v) is 3.21. The maximum Gasteiger partial charge on any atom is 0.355 e. The monoisotopic (exact) mass is 432 g/mol.